The summed E-state index contributed by atoms with van der Waals surface area (Å²) in [4.78, 5) is 23.7. The SMILES string of the molecule is Cc1nc(N)nc(N2CCC2c2nn3ccc(Cl)c3c(=O)n2-c2ccc(F)cc2)c1C#N. The zero-order chi connectivity index (χ0) is 22.6. The quantitative estimate of drug-likeness (QED) is 0.509. The topological polar surface area (TPSA) is 118 Å². The van der Waals surface area contributed by atoms with Gasteiger partial charge in [0.15, 0.2) is 11.6 Å². The molecule has 1 fully saturated rings. The first-order chi connectivity index (χ1) is 15.4. The Hall–Kier alpha value is -3.97. The molecule has 1 aliphatic rings. The second-order valence-corrected chi connectivity index (χ2v) is 7.81. The van der Waals surface area contributed by atoms with Gasteiger partial charge in [-0.15, -0.1) is 0 Å². The first-order valence-corrected chi connectivity index (χ1v) is 10.1. The molecule has 0 spiro atoms. The summed E-state index contributed by atoms with van der Waals surface area (Å²) in [7, 11) is 0. The van der Waals surface area contributed by atoms with Crippen molar-refractivity contribution in [3.05, 3.63) is 74.8 Å². The van der Waals surface area contributed by atoms with Gasteiger partial charge in [0.1, 0.15) is 23.0 Å². The highest BCUT2D eigenvalue weighted by molar-refractivity contribution is 6.33. The van der Waals surface area contributed by atoms with Crippen LogP contribution >= 0.6 is 11.6 Å². The second kappa shape index (κ2) is 7.32. The van der Waals surface area contributed by atoms with Crippen LogP contribution in [0.1, 0.15) is 29.5 Å². The van der Waals surface area contributed by atoms with E-state index < -0.39 is 5.82 Å². The molecule has 0 saturated carbocycles. The van der Waals surface area contributed by atoms with E-state index in [0.29, 0.717) is 41.6 Å². The molecular formula is C21H16ClFN8O. The van der Waals surface area contributed by atoms with Crippen molar-refractivity contribution in [2.24, 2.45) is 0 Å². The summed E-state index contributed by atoms with van der Waals surface area (Å²) < 4.78 is 16.4. The van der Waals surface area contributed by atoms with Crippen molar-refractivity contribution in [3.63, 3.8) is 0 Å². The van der Waals surface area contributed by atoms with Crippen molar-refractivity contribution in [2.75, 3.05) is 17.2 Å². The number of aryl methyl sites for hydroxylation is 1. The molecule has 1 aromatic carbocycles. The van der Waals surface area contributed by atoms with Gasteiger partial charge in [-0.3, -0.25) is 9.36 Å². The number of nitrogens with zero attached hydrogens (tertiary/aromatic N) is 7. The molecule has 5 rings (SSSR count). The average molecular weight is 451 g/mol. The molecule has 2 N–H and O–H groups in total. The Morgan fingerprint density at radius 1 is 1.25 bits per heavy atom. The van der Waals surface area contributed by atoms with Gasteiger partial charge in [0.2, 0.25) is 5.95 Å². The minimum atomic E-state index is -0.422. The molecule has 4 heterocycles. The number of anilines is 2. The maximum Gasteiger partial charge on any atom is 0.284 e. The van der Waals surface area contributed by atoms with E-state index in [1.165, 1.54) is 33.3 Å². The summed E-state index contributed by atoms with van der Waals surface area (Å²) >= 11 is 6.23. The first kappa shape index (κ1) is 20.0. The Morgan fingerprint density at radius 2 is 2.00 bits per heavy atom. The minimum absolute atomic E-state index is 0.0543. The monoisotopic (exact) mass is 450 g/mol. The lowest BCUT2D eigenvalue weighted by atomic mass is 10.0. The van der Waals surface area contributed by atoms with Crippen LogP contribution in [0.2, 0.25) is 5.02 Å². The molecule has 11 heteroatoms. The third-order valence-electron chi connectivity index (χ3n) is 5.54. The van der Waals surface area contributed by atoms with E-state index >= 15 is 0 Å². The van der Waals surface area contributed by atoms with Crippen molar-refractivity contribution in [3.8, 4) is 11.8 Å². The fourth-order valence-corrected chi connectivity index (χ4v) is 4.15. The predicted octanol–water partition coefficient (Wildman–Crippen LogP) is 2.78. The summed E-state index contributed by atoms with van der Waals surface area (Å²) in [6, 6.07) is 8.91. The van der Waals surface area contributed by atoms with E-state index in [2.05, 4.69) is 21.1 Å². The average Bonchev–Trinajstić information content (AvgIpc) is 3.09. The van der Waals surface area contributed by atoms with Crippen LogP contribution in [0.15, 0.2) is 41.3 Å². The highest BCUT2D eigenvalue weighted by Crippen LogP contribution is 2.38. The van der Waals surface area contributed by atoms with Crippen LogP contribution in [0.25, 0.3) is 11.2 Å². The molecule has 0 amide bonds. The van der Waals surface area contributed by atoms with Gasteiger partial charge in [0, 0.05) is 12.7 Å². The summed E-state index contributed by atoms with van der Waals surface area (Å²) in [5, 5.41) is 14.6. The zero-order valence-corrected chi connectivity index (χ0v) is 17.6. The van der Waals surface area contributed by atoms with Crippen LogP contribution in [0.4, 0.5) is 16.2 Å². The van der Waals surface area contributed by atoms with Gasteiger partial charge in [-0.05, 0) is 43.7 Å². The molecule has 0 bridgehead atoms. The number of benzene rings is 1. The molecule has 1 atom stereocenters. The van der Waals surface area contributed by atoms with E-state index in [0.717, 1.165) is 0 Å². The van der Waals surface area contributed by atoms with Gasteiger partial charge < -0.3 is 10.6 Å². The highest BCUT2D eigenvalue weighted by Gasteiger charge is 2.37. The number of nitriles is 1. The van der Waals surface area contributed by atoms with Crippen molar-refractivity contribution in [2.45, 2.75) is 19.4 Å². The molecule has 1 aliphatic heterocycles. The number of hydrogen-bond donors (Lipinski definition) is 1. The van der Waals surface area contributed by atoms with Gasteiger partial charge in [0.25, 0.3) is 5.56 Å². The molecule has 32 heavy (non-hydrogen) atoms. The normalized spacial score (nSPS) is 15.6. The fourth-order valence-electron chi connectivity index (χ4n) is 3.93. The molecule has 4 aromatic rings. The lowest BCUT2D eigenvalue weighted by Gasteiger charge is -2.42. The zero-order valence-electron chi connectivity index (χ0n) is 16.8. The molecule has 0 aliphatic carbocycles. The Balaban J connectivity index is 1.73. The van der Waals surface area contributed by atoms with Gasteiger partial charge in [-0.2, -0.15) is 15.3 Å². The largest absolute Gasteiger partial charge is 0.368 e. The molecule has 3 aromatic heterocycles. The van der Waals surface area contributed by atoms with Crippen molar-refractivity contribution in [1.82, 2.24) is 24.1 Å². The number of fused-ring (bicyclic) bond motifs is 1. The maximum atomic E-state index is 13.6. The van der Waals surface area contributed by atoms with Gasteiger partial charge in [-0.1, -0.05) is 11.6 Å². The minimum Gasteiger partial charge on any atom is -0.368 e. The number of hydrogen-bond acceptors (Lipinski definition) is 7. The molecule has 1 unspecified atom stereocenters. The standard InChI is InChI=1S/C21H16ClFN8O/c1-11-14(10-24)18(27-21(25)26-11)29-8-7-16(29)19-28-30-9-6-15(22)17(30)20(32)31(19)13-4-2-12(23)3-5-13/h2-6,9,16H,7-8H2,1H3,(H2,25,26,27). The summed E-state index contributed by atoms with van der Waals surface area (Å²) in [6.07, 6.45) is 2.26. The van der Waals surface area contributed by atoms with Crippen LogP contribution in [-0.4, -0.2) is 30.7 Å². The molecule has 0 radical (unpaired) electrons. The van der Waals surface area contributed by atoms with Crippen LogP contribution in [0, 0.1) is 24.1 Å². The fraction of sp³-hybridized carbons (Fsp3) is 0.190. The maximum absolute atomic E-state index is 13.6. The third kappa shape index (κ3) is 2.98. The molecule has 1 saturated heterocycles. The second-order valence-electron chi connectivity index (χ2n) is 7.41. The Bertz CT molecular complexity index is 1470. The van der Waals surface area contributed by atoms with Crippen LogP contribution in [0.5, 0.6) is 0 Å². The Kier molecular flexibility index (Phi) is 4.56. The van der Waals surface area contributed by atoms with Crippen LogP contribution in [-0.2, 0) is 0 Å². The Labute approximate surface area is 186 Å². The summed E-state index contributed by atoms with van der Waals surface area (Å²) in [5.41, 5.74) is 6.89. The highest BCUT2D eigenvalue weighted by atomic mass is 35.5. The van der Waals surface area contributed by atoms with Crippen LogP contribution < -0.4 is 16.2 Å². The molecule has 9 nitrogen and oxygen atoms in total. The van der Waals surface area contributed by atoms with E-state index in [9.17, 15) is 14.4 Å². The predicted molar refractivity (Wildman–Crippen MR) is 116 cm³/mol. The summed E-state index contributed by atoms with van der Waals surface area (Å²) in [6.45, 7) is 2.27. The number of nitrogen functional groups attached to an aromatic ring is 1. The molecule has 160 valence electrons. The van der Waals surface area contributed by atoms with Gasteiger partial charge in [0.05, 0.1) is 22.4 Å². The lowest BCUT2D eigenvalue weighted by molar-refractivity contribution is 0.422. The van der Waals surface area contributed by atoms with Crippen LogP contribution in [0.3, 0.4) is 0 Å². The van der Waals surface area contributed by atoms with E-state index in [4.69, 9.17) is 17.3 Å². The van der Waals surface area contributed by atoms with E-state index in [-0.39, 0.29) is 28.1 Å². The van der Waals surface area contributed by atoms with Gasteiger partial charge in [-0.25, -0.2) is 13.9 Å². The van der Waals surface area contributed by atoms with Crippen molar-refractivity contribution >= 4 is 28.9 Å². The number of halogens is 2. The Morgan fingerprint density at radius 3 is 2.66 bits per heavy atom. The number of nitrogens with two attached hydrogens (primary N) is 1. The third-order valence-corrected chi connectivity index (χ3v) is 5.84. The smallest absolute Gasteiger partial charge is 0.284 e. The van der Waals surface area contributed by atoms with E-state index in [1.807, 2.05) is 4.90 Å². The number of rotatable bonds is 3. The summed E-state index contributed by atoms with van der Waals surface area (Å²) in [5.74, 6) is 0.429. The van der Waals surface area contributed by atoms with Crippen molar-refractivity contribution in [1.29, 1.82) is 5.26 Å². The van der Waals surface area contributed by atoms with E-state index in [1.54, 1.807) is 19.2 Å². The first-order valence-electron chi connectivity index (χ1n) is 9.75. The van der Waals surface area contributed by atoms with Gasteiger partial charge >= 0.3 is 0 Å². The van der Waals surface area contributed by atoms with Crippen molar-refractivity contribution < 1.29 is 4.39 Å². The lowest BCUT2D eigenvalue weighted by Crippen LogP contribution is -2.45. The number of aromatic nitrogens is 5. The molecular weight excluding hydrogens is 435 g/mol.